The van der Waals surface area contributed by atoms with Crippen molar-refractivity contribution in [2.24, 2.45) is 5.14 Å². The first-order chi connectivity index (χ1) is 13.8. The Bertz CT molecular complexity index is 1140. The number of aromatic amines is 1. The zero-order valence-corrected chi connectivity index (χ0v) is 16.6. The fourth-order valence-corrected chi connectivity index (χ4v) is 4.39. The van der Waals surface area contributed by atoms with E-state index in [0.29, 0.717) is 17.7 Å². The van der Waals surface area contributed by atoms with Crippen LogP contribution in [0.1, 0.15) is 18.9 Å². The third kappa shape index (κ3) is 3.82. The molecule has 3 aromatic rings. The van der Waals surface area contributed by atoms with Crippen LogP contribution in [0.3, 0.4) is 0 Å². The van der Waals surface area contributed by atoms with Crippen LogP contribution in [0, 0.1) is 0 Å². The van der Waals surface area contributed by atoms with Gasteiger partial charge in [-0.05, 0) is 46.5 Å². The van der Waals surface area contributed by atoms with E-state index >= 15 is 0 Å². The monoisotopic (exact) mass is 412 g/mol. The molecular formula is C19H20N6O3S. The summed E-state index contributed by atoms with van der Waals surface area (Å²) in [6.45, 7) is 3.23. The van der Waals surface area contributed by atoms with Crippen LogP contribution in [0.2, 0.25) is 0 Å². The lowest BCUT2D eigenvalue weighted by Gasteiger charge is -2.39. The molecule has 0 amide bonds. The van der Waals surface area contributed by atoms with Crippen molar-refractivity contribution in [1.82, 2.24) is 25.5 Å². The van der Waals surface area contributed by atoms with Crippen LogP contribution in [0.15, 0.2) is 47.4 Å². The van der Waals surface area contributed by atoms with Gasteiger partial charge in [-0.1, -0.05) is 36.4 Å². The van der Waals surface area contributed by atoms with Crippen molar-refractivity contribution in [3.05, 3.63) is 48.0 Å². The highest BCUT2D eigenvalue weighted by atomic mass is 32.2. The van der Waals surface area contributed by atoms with Gasteiger partial charge >= 0.3 is 0 Å². The molecule has 2 heterocycles. The summed E-state index contributed by atoms with van der Waals surface area (Å²) < 4.78 is 24.2. The lowest BCUT2D eigenvalue weighted by atomic mass is 9.96. The number of nitrogens with two attached hydrogens (primary N) is 1. The van der Waals surface area contributed by atoms with E-state index in [1.165, 1.54) is 6.07 Å². The van der Waals surface area contributed by atoms with Crippen molar-refractivity contribution in [3.63, 3.8) is 0 Å². The lowest BCUT2D eigenvalue weighted by molar-refractivity contribution is -0.126. The topological polar surface area (TPSA) is 135 Å². The van der Waals surface area contributed by atoms with E-state index in [1.807, 2.05) is 24.3 Å². The van der Waals surface area contributed by atoms with Gasteiger partial charge in [-0.15, -0.1) is 5.10 Å². The van der Waals surface area contributed by atoms with Crippen LogP contribution in [0.4, 0.5) is 0 Å². The lowest BCUT2D eigenvalue weighted by Crippen LogP contribution is -2.50. The maximum Gasteiger partial charge on any atom is 0.238 e. The molecule has 3 N–H and O–H groups in total. The number of primary sulfonamides is 1. The van der Waals surface area contributed by atoms with Gasteiger partial charge in [-0.25, -0.2) is 18.7 Å². The van der Waals surface area contributed by atoms with Gasteiger partial charge in [0.05, 0.1) is 10.9 Å². The number of likely N-dealkylation sites (tertiary alicyclic amines) is 1. The van der Waals surface area contributed by atoms with E-state index in [9.17, 15) is 13.2 Å². The second-order valence-electron chi connectivity index (χ2n) is 7.06. The van der Waals surface area contributed by atoms with Crippen LogP contribution in [-0.2, 0) is 21.4 Å². The molecule has 9 nitrogen and oxygen atoms in total. The maximum atomic E-state index is 12.1. The Morgan fingerprint density at radius 2 is 2.00 bits per heavy atom. The molecule has 0 saturated carbocycles. The van der Waals surface area contributed by atoms with E-state index in [2.05, 4.69) is 25.5 Å². The number of hydrogen-bond acceptors (Lipinski definition) is 7. The van der Waals surface area contributed by atoms with Crippen LogP contribution in [0.5, 0.6) is 0 Å². The number of carbonyl (C=O) groups excluding carboxylic acids is 1. The highest BCUT2D eigenvalue weighted by Crippen LogP contribution is 2.35. The second kappa shape index (κ2) is 7.47. The maximum absolute atomic E-state index is 12.1. The molecule has 29 heavy (non-hydrogen) atoms. The molecule has 1 aromatic heterocycles. The van der Waals surface area contributed by atoms with Crippen molar-refractivity contribution in [2.45, 2.75) is 30.8 Å². The van der Waals surface area contributed by atoms with Crippen molar-refractivity contribution in [1.29, 1.82) is 0 Å². The molecule has 1 atom stereocenters. The molecule has 10 heteroatoms. The first-order valence-electron chi connectivity index (χ1n) is 9.08. The van der Waals surface area contributed by atoms with Gasteiger partial charge in [0.15, 0.2) is 5.82 Å². The molecule has 1 unspecified atom stereocenters. The van der Waals surface area contributed by atoms with Gasteiger partial charge in [-0.2, -0.15) is 0 Å². The molecule has 2 aromatic carbocycles. The Balaban J connectivity index is 1.69. The van der Waals surface area contributed by atoms with E-state index in [4.69, 9.17) is 5.14 Å². The SMILES string of the molecule is CC(=O)C1CCN1Cc1ccc(-c2cccc(S(N)(=O)=O)c2-c2nnn[nH]2)cc1. The normalized spacial score (nSPS) is 17.1. The molecule has 1 aliphatic rings. The summed E-state index contributed by atoms with van der Waals surface area (Å²) in [5.74, 6) is 0.413. The molecule has 0 radical (unpaired) electrons. The summed E-state index contributed by atoms with van der Waals surface area (Å²) in [7, 11) is -3.98. The number of carbonyl (C=O) groups is 1. The fraction of sp³-hybridized carbons (Fsp3) is 0.263. The molecular weight excluding hydrogens is 392 g/mol. The van der Waals surface area contributed by atoms with Crippen LogP contribution < -0.4 is 5.14 Å². The number of aromatic nitrogens is 4. The number of rotatable bonds is 6. The molecule has 0 spiro atoms. The van der Waals surface area contributed by atoms with Crippen molar-refractivity contribution < 1.29 is 13.2 Å². The predicted molar refractivity (Wildman–Crippen MR) is 106 cm³/mol. The van der Waals surface area contributed by atoms with Gasteiger partial charge < -0.3 is 0 Å². The van der Waals surface area contributed by atoms with Gasteiger partial charge in [0.2, 0.25) is 10.0 Å². The number of H-pyrrole nitrogens is 1. The van der Waals surface area contributed by atoms with Gasteiger partial charge in [0, 0.05) is 18.7 Å². The van der Waals surface area contributed by atoms with Gasteiger partial charge in [0.1, 0.15) is 5.78 Å². The molecule has 150 valence electrons. The largest absolute Gasteiger partial charge is 0.298 e. The third-order valence-corrected chi connectivity index (χ3v) is 6.12. The summed E-state index contributed by atoms with van der Waals surface area (Å²) in [5.41, 5.74) is 2.85. The molecule has 1 saturated heterocycles. The zero-order chi connectivity index (χ0) is 20.6. The zero-order valence-electron chi connectivity index (χ0n) is 15.7. The highest BCUT2D eigenvalue weighted by molar-refractivity contribution is 7.89. The Morgan fingerprint density at radius 1 is 1.24 bits per heavy atom. The number of tetrazole rings is 1. The average molecular weight is 412 g/mol. The van der Waals surface area contributed by atoms with Crippen molar-refractivity contribution in [2.75, 3.05) is 6.54 Å². The van der Waals surface area contributed by atoms with Gasteiger partial charge in [0.25, 0.3) is 0 Å². The predicted octanol–water partition coefficient (Wildman–Crippen LogP) is 1.34. The standard InChI is InChI=1S/C19H20N6O3S/c1-12(26)16-9-10-25(16)11-13-5-7-14(8-6-13)15-3-2-4-17(29(20,27)28)18(15)19-21-23-24-22-19/h2-8,16H,9-11H2,1H3,(H2,20,27,28)(H,21,22,23,24). The van der Waals surface area contributed by atoms with Crippen LogP contribution in [-0.4, -0.2) is 52.3 Å². The van der Waals surface area contributed by atoms with Gasteiger partial charge in [-0.3, -0.25) is 9.69 Å². The Labute approximate surface area is 168 Å². The number of sulfonamides is 1. The van der Waals surface area contributed by atoms with E-state index in [0.717, 1.165) is 24.1 Å². The summed E-state index contributed by atoms with van der Waals surface area (Å²) in [6.07, 6.45) is 0.905. The van der Waals surface area contributed by atoms with Crippen molar-refractivity contribution in [3.8, 4) is 22.5 Å². The number of nitrogens with one attached hydrogen (secondary N) is 1. The van der Waals surface area contributed by atoms with E-state index in [1.54, 1.807) is 19.1 Å². The Hall–Kier alpha value is -2.95. The van der Waals surface area contributed by atoms with Crippen LogP contribution >= 0.6 is 0 Å². The smallest absolute Gasteiger partial charge is 0.238 e. The minimum absolute atomic E-state index is 0.00618. The minimum atomic E-state index is -3.98. The van der Waals surface area contributed by atoms with E-state index in [-0.39, 0.29) is 22.5 Å². The summed E-state index contributed by atoms with van der Waals surface area (Å²) >= 11 is 0. The minimum Gasteiger partial charge on any atom is -0.298 e. The van der Waals surface area contributed by atoms with Crippen molar-refractivity contribution >= 4 is 15.8 Å². The molecule has 0 bridgehead atoms. The Kier molecular flexibility index (Phi) is 4.99. The third-order valence-electron chi connectivity index (χ3n) is 5.17. The number of hydrogen-bond donors (Lipinski definition) is 2. The number of ketones is 1. The van der Waals surface area contributed by atoms with Crippen LogP contribution in [0.25, 0.3) is 22.5 Å². The quantitative estimate of drug-likeness (QED) is 0.624. The first-order valence-corrected chi connectivity index (χ1v) is 10.6. The fourth-order valence-electron chi connectivity index (χ4n) is 3.63. The number of Topliss-reactive ketones (excluding diaryl/α,β-unsaturated/α-hetero) is 1. The number of nitrogens with zero attached hydrogens (tertiary/aromatic N) is 4. The van der Waals surface area contributed by atoms with E-state index < -0.39 is 10.0 Å². The summed E-state index contributed by atoms with van der Waals surface area (Å²) in [4.78, 5) is 13.7. The average Bonchev–Trinajstić information content (AvgIpc) is 3.18. The summed E-state index contributed by atoms with van der Waals surface area (Å²) in [6, 6.07) is 12.6. The molecule has 1 aliphatic heterocycles. The summed E-state index contributed by atoms with van der Waals surface area (Å²) in [5, 5.41) is 19.0. The molecule has 1 fully saturated rings. The number of benzene rings is 2. The molecule has 4 rings (SSSR count). The Morgan fingerprint density at radius 3 is 2.55 bits per heavy atom. The highest BCUT2D eigenvalue weighted by Gasteiger charge is 2.31. The molecule has 0 aliphatic carbocycles. The second-order valence-corrected chi connectivity index (χ2v) is 8.59. The first kappa shape index (κ1) is 19.4.